The van der Waals surface area contributed by atoms with Crippen molar-refractivity contribution in [3.63, 3.8) is 0 Å². The fourth-order valence-corrected chi connectivity index (χ4v) is 1.72. The van der Waals surface area contributed by atoms with Gasteiger partial charge in [-0.15, -0.1) is 0 Å². The number of rotatable bonds is 2. The van der Waals surface area contributed by atoms with Crippen LogP contribution >= 0.6 is 0 Å². The summed E-state index contributed by atoms with van der Waals surface area (Å²) in [5.74, 6) is 1.89. The minimum absolute atomic E-state index is 0.689. The molecule has 2 heteroatoms. The molecule has 1 aliphatic carbocycles. The van der Waals surface area contributed by atoms with Gasteiger partial charge in [0.25, 0.3) is 0 Å². The van der Waals surface area contributed by atoms with Crippen molar-refractivity contribution in [3.8, 4) is 5.69 Å². The Morgan fingerprint density at radius 3 is 2.79 bits per heavy atom. The Morgan fingerprint density at radius 1 is 1.29 bits per heavy atom. The molecule has 0 aliphatic heterocycles. The van der Waals surface area contributed by atoms with Crippen molar-refractivity contribution in [2.45, 2.75) is 18.8 Å². The van der Waals surface area contributed by atoms with E-state index in [1.54, 1.807) is 0 Å². The predicted octanol–water partition coefficient (Wildman–Crippen LogP) is 2.55. The first kappa shape index (κ1) is 7.80. The zero-order valence-electron chi connectivity index (χ0n) is 7.85. The minimum Gasteiger partial charge on any atom is -0.304 e. The highest BCUT2D eigenvalue weighted by molar-refractivity contribution is 5.33. The summed E-state index contributed by atoms with van der Waals surface area (Å²) >= 11 is 0. The predicted molar refractivity (Wildman–Crippen MR) is 54.4 cm³/mol. The van der Waals surface area contributed by atoms with Crippen LogP contribution in [0.15, 0.2) is 36.7 Å². The van der Waals surface area contributed by atoms with Crippen molar-refractivity contribution in [3.05, 3.63) is 48.5 Å². The lowest BCUT2D eigenvalue weighted by Gasteiger charge is -2.05. The van der Waals surface area contributed by atoms with Gasteiger partial charge in [-0.05, 0) is 31.0 Å². The molecule has 0 saturated heterocycles. The molecule has 1 fully saturated rings. The molecule has 0 spiro atoms. The second-order valence-electron chi connectivity index (χ2n) is 3.69. The fraction of sp³-hybridized carbons (Fsp3) is 0.250. The Balaban J connectivity index is 2.07. The summed E-state index contributed by atoms with van der Waals surface area (Å²) in [4.78, 5) is 4.41. The molecule has 69 valence electrons. The molecule has 0 atom stereocenters. The lowest BCUT2D eigenvalue weighted by Crippen LogP contribution is -1.97. The average molecular weight is 183 g/mol. The van der Waals surface area contributed by atoms with E-state index >= 15 is 0 Å². The van der Waals surface area contributed by atoms with E-state index in [2.05, 4.69) is 27.8 Å². The molecule has 0 amide bonds. The Labute approximate surface area is 83.2 Å². The van der Waals surface area contributed by atoms with Gasteiger partial charge in [-0.25, -0.2) is 4.98 Å². The molecule has 0 unspecified atom stereocenters. The van der Waals surface area contributed by atoms with Crippen LogP contribution in [0, 0.1) is 6.07 Å². The first-order chi connectivity index (χ1) is 6.95. The average Bonchev–Trinajstić information content (AvgIpc) is 2.98. The molecule has 1 saturated carbocycles. The van der Waals surface area contributed by atoms with Crippen LogP contribution in [-0.4, -0.2) is 9.55 Å². The quantitative estimate of drug-likeness (QED) is 0.699. The third-order valence-corrected chi connectivity index (χ3v) is 2.59. The topological polar surface area (TPSA) is 17.8 Å². The number of nitrogens with zero attached hydrogens (tertiary/aromatic N) is 2. The van der Waals surface area contributed by atoms with Crippen molar-refractivity contribution < 1.29 is 0 Å². The highest BCUT2D eigenvalue weighted by Crippen LogP contribution is 2.39. The van der Waals surface area contributed by atoms with Crippen LogP contribution in [-0.2, 0) is 0 Å². The molecule has 1 aliphatic rings. The van der Waals surface area contributed by atoms with Gasteiger partial charge in [0.1, 0.15) is 5.82 Å². The van der Waals surface area contributed by atoms with Gasteiger partial charge in [-0.1, -0.05) is 12.1 Å². The van der Waals surface area contributed by atoms with Crippen molar-refractivity contribution in [1.29, 1.82) is 0 Å². The summed E-state index contributed by atoms with van der Waals surface area (Å²) in [6.07, 6.45) is 6.49. The Hall–Kier alpha value is -1.57. The van der Waals surface area contributed by atoms with E-state index in [-0.39, 0.29) is 0 Å². The van der Waals surface area contributed by atoms with E-state index in [0.717, 1.165) is 0 Å². The maximum atomic E-state index is 4.41. The van der Waals surface area contributed by atoms with E-state index in [1.165, 1.54) is 24.4 Å². The molecule has 1 radical (unpaired) electrons. The van der Waals surface area contributed by atoms with Crippen LogP contribution in [0.1, 0.15) is 24.6 Å². The van der Waals surface area contributed by atoms with Crippen LogP contribution in [0.25, 0.3) is 5.69 Å². The second-order valence-corrected chi connectivity index (χ2v) is 3.69. The number of benzene rings is 1. The van der Waals surface area contributed by atoms with Crippen LogP contribution in [0.5, 0.6) is 0 Å². The van der Waals surface area contributed by atoms with Gasteiger partial charge in [-0.2, -0.15) is 0 Å². The van der Waals surface area contributed by atoms with Gasteiger partial charge in [-0.3, -0.25) is 0 Å². The van der Waals surface area contributed by atoms with Crippen molar-refractivity contribution in [1.82, 2.24) is 9.55 Å². The minimum atomic E-state index is 0.689. The highest BCUT2D eigenvalue weighted by Gasteiger charge is 2.27. The summed E-state index contributed by atoms with van der Waals surface area (Å²) in [5, 5.41) is 0. The third-order valence-electron chi connectivity index (χ3n) is 2.59. The lowest BCUT2D eigenvalue weighted by molar-refractivity contribution is 0.880. The first-order valence-electron chi connectivity index (χ1n) is 4.95. The summed E-state index contributed by atoms with van der Waals surface area (Å²) < 4.78 is 2.17. The Kier molecular flexibility index (Phi) is 1.66. The summed E-state index contributed by atoms with van der Waals surface area (Å²) in [6, 6.07) is 11.0. The Bertz CT molecular complexity index is 427. The van der Waals surface area contributed by atoms with Crippen LogP contribution in [0.3, 0.4) is 0 Å². The number of hydrogen-bond acceptors (Lipinski definition) is 1. The largest absolute Gasteiger partial charge is 0.304 e. The molecule has 14 heavy (non-hydrogen) atoms. The monoisotopic (exact) mass is 183 g/mol. The van der Waals surface area contributed by atoms with Crippen LogP contribution in [0.4, 0.5) is 0 Å². The zero-order valence-corrected chi connectivity index (χ0v) is 7.85. The lowest BCUT2D eigenvalue weighted by atomic mass is 10.3. The molecule has 1 aromatic heterocycles. The smallest absolute Gasteiger partial charge is 0.116 e. The maximum Gasteiger partial charge on any atom is 0.116 e. The van der Waals surface area contributed by atoms with E-state index in [4.69, 9.17) is 0 Å². The number of hydrogen-bond donors (Lipinski definition) is 0. The van der Waals surface area contributed by atoms with E-state index in [0.29, 0.717) is 5.92 Å². The second kappa shape index (κ2) is 2.98. The highest BCUT2D eigenvalue weighted by atomic mass is 15.1. The normalized spacial score (nSPS) is 15.7. The standard InChI is InChI=1S/C12H11N2/c1-2-4-11(5-3-1)14-9-8-13-12(14)10-6-7-10/h2-5,8-10H,6-7H2. The SMILES string of the molecule is [c]1ccc(-n2ccnc2C2CC2)cc1. The molecular weight excluding hydrogens is 172 g/mol. The molecule has 0 bridgehead atoms. The van der Waals surface area contributed by atoms with Gasteiger partial charge in [0.15, 0.2) is 0 Å². The third kappa shape index (κ3) is 1.23. The van der Waals surface area contributed by atoms with Crippen LogP contribution in [0.2, 0.25) is 0 Å². The zero-order chi connectivity index (χ0) is 9.38. The molecular formula is C12H11N2. The van der Waals surface area contributed by atoms with Crippen molar-refractivity contribution >= 4 is 0 Å². The summed E-state index contributed by atoms with van der Waals surface area (Å²) in [5.41, 5.74) is 1.18. The number of imidazole rings is 1. The summed E-state index contributed by atoms with van der Waals surface area (Å²) in [6.45, 7) is 0. The summed E-state index contributed by atoms with van der Waals surface area (Å²) in [7, 11) is 0. The van der Waals surface area contributed by atoms with Gasteiger partial charge in [0.05, 0.1) is 0 Å². The Morgan fingerprint density at radius 2 is 2.07 bits per heavy atom. The molecule has 3 rings (SSSR count). The molecule has 1 heterocycles. The van der Waals surface area contributed by atoms with Crippen molar-refractivity contribution in [2.24, 2.45) is 0 Å². The number of aromatic nitrogens is 2. The van der Waals surface area contributed by atoms with Crippen molar-refractivity contribution in [2.75, 3.05) is 0 Å². The maximum absolute atomic E-state index is 4.41. The van der Waals surface area contributed by atoms with Gasteiger partial charge < -0.3 is 4.57 Å². The van der Waals surface area contributed by atoms with Gasteiger partial charge in [0.2, 0.25) is 0 Å². The van der Waals surface area contributed by atoms with E-state index < -0.39 is 0 Å². The van der Waals surface area contributed by atoms with E-state index in [1.807, 2.05) is 24.5 Å². The van der Waals surface area contributed by atoms with Gasteiger partial charge in [0, 0.05) is 24.0 Å². The van der Waals surface area contributed by atoms with Gasteiger partial charge >= 0.3 is 0 Å². The first-order valence-corrected chi connectivity index (χ1v) is 4.95. The molecule has 2 aromatic rings. The van der Waals surface area contributed by atoms with Crippen LogP contribution < -0.4 is 0 Å². The van der Waals surface area contributed by atoms with E-state index in [9.17, 15) is 0 Å². The fourth-order valence-electron chi connectivity index (χ4n) is 1.72. The molecule has 2 nitrogen and oxygen atoms in total. The molecule has 1 aromatic carbocycles. The molecule has 0 N–H and O–H groups in total.